The second kappa shape index (κ2) is 5.54. The van der Waals surface area contributed by atoms with Crippen LogP contribution in [0.15, 0.2) is 48.8 Å². The molecule has 0 spiro atoms. The van der Waals surface area contributed by atoms with Gasteiger partial charge >= 0.3 is 0 Å². The smallest absolute Gasteiger partial charge is 0.247 e. The molecule has 116 valence electrons. The van der Waals surface area contributed by atoms with Crippen molar-refractivity contribution < 1.29 is 4.79 Å². The van der Waals surface area contributed by atoms with E-state index >= 15 is 0 Å². The molecule has 0 saturated carbocycles. The van der Waals surface area contributed by atoms with E-state index in [2.05, 4.69) is 22.4 Å². The molecule has 1 atom stereocenters. The van der Waals surface area contributed by atoms with Gasteiger partial charge in [-0.2, -0.15) is 0 Å². The molecule has 1 aliphatic rings. The summed E-state index contributed by atoms with van der Waals surface area (Å²) in [4.78, 5) is 17.0. The van der Waals surface area contributed by atoms with Crippen molar-refractivity contribution in [3.05, 3.63) is 59.9 Å². The number of rotatable bonds is 3. The highest BCUT2D eigenvalue weighted by molar-refractivity contribution is 5.94. The van der Waals surface area contributed by atoms with E-state index in [4.69, 9.17) is 0 Å². The minimum atomic E-state index is -0.310. The number of benzene rings is 2. The highest BCUT2D eigenvalue weighted by Gasteiger charge is 2.18. The van der Waals surface area contributed by atoms with E-state index < -0.39 is 0 Å². The Morgan fingerprint density at radius 2 is 2.00 bits per heavy atom. The molecular formula is C19H19N3O. The number of imidazole rings is 1. The number of hydrogen-bond donors (Lipinski definition) is 1. The lowest BCUT2D eigenvalue weighted by Crippen LogP contribution is -2.23. The van der Waals surface area contributed by atoms with Crippen molar-refractivity contribution in [2.45, 2.75) is 32.2 Å². The molecule has 1 unspecified atom stereocenters. The third kappa shape index (κ3) is 2.50. The Morgan fingerprint density at radius 3 is 2.91 bits per heavy atom. The van der Waals surface area contributed by atoms with Crippen LogP contribution < -0.4 is 5.32 Å². The number of anilines is 1. The number of para-hydroxylation sites is 2. The summed E-state index contributed by atoms with van der Waals surface area (Å²) in [6.07, 6.45) is 5.21. The molecule has 0 bridgehead atoms. The van der Waals surface area contributed by atoms with E-state index in [0.29, 0.717) is 0 Å². The summed E-state index contributed by atoms with van der Waals surface area (Å²) in [5.74, 6) is -0.0221. The maximum atomic E-state index is 12.6. The predicted molar refractivity (Wildman–Crippen MR) is 91.5 cm³/mol. The average molecular weight is 305 g/mol. The number of fused-ring (bicyclic) bond motifs is 2. The maximum absolute atomic E-state index is 12.6. The lowest BCUT2D eigenvalue weighted by atomic mass is 10.1. The second-order valence-electron chi connectivity index (χ2n) is 6.14. The van der Waals surface area contributed by atoms with E-state index in [1.54, 1.807) is 6.33 Å². The standard InChI is InChI=1S/C19H19N3O/c1-13(22-12-20-17-7-2-3-8-18(17)22)19(23)21-16-10-9-14-5-4-6-15(14)11-16/h2-3,7-13H,4-6H2,1H3,(H,21,23). The lowest BCUT2D eigenvalue weighted by molar-refractivity contribution is -0.118. The number of nitrogens with zero attached hydrogens (tertiary/aromatic N) is 2. The van der Waals surface area contributed by atoms with Crippen LogP contribution in [0.5, 0.6) is 0 Å². The zero-order valence-corrected chi connectivity index (χ0v) is 13.1. The molecular weight excluding hydrogens is 286 g/mol. The molecule has 4 heteroatoms. The topological polar surface area (TPSA) is 46.9 Å². The van der Waals surface area contributed by atoms with Crippen LogP contribution in [-0.4, -0.2) is 15.5 Å². The molecule has 23 heavy (non-hydrogen) atoms. The lowest BCUT2D eigenvalue weighted by Gasteiger charge is -2.15. The molecule has 1 heterocycles. The third-order valence-electron chi connectivity index (χ3n) is 4.64. The summed E-state index contributed by atoms with van der Waals surface area (Å²) < 4.78 is 1.91. The molecule has 0 radical (unpaired) electrons. The molecule has 1 amide bonds. The van der Waals surface area contributed by atoms with Gasteiger partial charge in [0.1, 0.15) is 6.04 Å². The van der Waals surface area contributed by atoms with Crippen molar-refractivity contribution in [3.63, 3.8) is 0 Å². The summed E-state index contributed by atoms with van der Waals surface area (Å²) in [6.45, 7) is 1.90. The van der Waals surface area contributed by atoms with Crippen LogP contribution in [0.2, 0.25) is 0 Å². The number of aromatic nitrogens is 2. The molecule has 4 nitrogen and oxygen atoms in total. The van der Waals surface area contributed by atoms with Crippen molar-refractivity contribution >= 4 is 22.6 Å². The van der Waals surface area contributed by atoms with Crippen molar-refractivity contribution in [2.24, 2.45) is 0 Å². The normalized spacial score (nSPS) is 14.7. The molecule has 1 N–H and O–H groups in total. The van der Waals surface area contributed by atoms with Crippen molar-refractivity contribution in [2.75, 3.05) is 5.32 Å². The molecule has 0 fully saturated rings. The first-order valence-corrected chi connectivity index (χ1v) is 8.06. The Labute approximate surface area is 135 Å². The van der Waals surface area contributed by atoms with Crippen molar-refractivity contribution in [1.82, 2.24) is 9.55 Å². The van der Waals surface area contributed by atoms with E-state index in [9.17, 15) is 4.79 Å². The van der Waals surface area contributed by atoms with E-state index in [0.717, 1.165) is 29.6 Å². The first-order valence-electron chi connectivity index (χ1n) is 8.06. The van der Waals surface area contributed by atoms with E-state index in [-0.39, 0.29) is 11.9 Å². The Bertz CT molecular complexity index is 881. The summed E-state index contributed by atoms with van der Waals surface area (Å²) in [5.41, 5.74) is 5.54. The zero-order valence-electron chi connectivity index (χ0n) is 13.1. The Kier molecular flexibility index (Phi) is 3.37. The highest BCUT2D eigenvalue weighted by Crippen LogP contribution is 2.25. The monoisotopic (exact) mass is 305 g/mol. The molecule has 0 aliphatic heterocycles. The molecule has 0 saturated heterocycles. The van der Waals surface area contributed by atoms with Crippen LogP contribution in [0.4, 0.5) is 5.69 Å². The first kappa shape index (κ1) is 14.0. The van der Waals surface area contributed by atoms with E-state index in [1.807, 2.05) is 41.8 Å². The summed E-state index contributed by atoms with van der Waals surface area (Å²) in [7, 11) is 0. The SMILES string of the molecule is CC(C(=O)Nc1ccc2c(c1)CCC2)n1cnc2ccccc21. The fourth-order valence-corrected chi connectivity index (χ4v) is 3.31. The molecule has 1 aromatic heterocycles. The van der Waals surface area contributed by atoms with Crippen molar-refractivity contribution in [1.29, 1.82) is 0 Å². The zero-order chi connectivity index (χ0) is 15.8. The summed E-state index contributed by atoms with van der Waals surface area (Å²) in [5, 5.41) is 3.04. The Hall–Kier alpha value is -2.62. The number of amides is 1. The number of carbonyl (C=O) groups is 1. The summed E-state index contributed by atoms with van der Waals surface area (Å²) in [6, 6.07) is 13.8. The van der Waals surface area contributed by atoms with Crippen LogP contribution in [0.3, 0.4) is 0 Å². The highest BCUT2D eigenvalue weighted by atomic mass is 16.2. The molecule has 4 rings (SSSR count). The van der Waals surface area contributed by atoms with Crippen LogP contribution >= 0.6 is 0 Å². The number of aryl methyl sites for hydroxylation is 2. The quantitative estimate of drug-likeness (QED) is 0.801. The van der Waals surface area contributed by atoms with Crippen LogP contribution in [0.25, 0.3) is 11.0 Å². The van der Waals surface area contributed by atoms with Gasteiger partial charge in [0.25, 0.3) is 0 Å². The van der Waals surface area contributed by atoms with Gasteiger partial charge in [-0.15, -0.1) is 0 Å². The Morgan fingerprint density at radius 1 is 1.17 bits per heavy atom. The van der Waals surface area contributed by atoms with Gasteiger partial charge in [-0.25, -0.2) is 4.98 Å². The van der Waals surface area contributed by atoms with Crippen LogP contribution in [-0.2, 0) is 17.6 Å². The largest absolute Gasteiger partial charge is 0.324 e. The van der Waals surface area contributed by atoms with Gasteiger partial charge in [-0.3, -0.25) is 4.79 Å². The first-order chi connectivity index (χ1) is 11.2. The average Bonchev–Trinajstić information content (AvgIpc) is 3.20. The molecule has 2 aromatic carbocycles. The third-order valence-corrected chi connectivity index (χ3v) is 4.64. The van der Waals surface area contributed by atoms with Gasteiger partial charge in [0.2, 0.25) is 5.91 Å². The van der Waals surface area contributed by atoms with Gasteiger partial charge in [0, 0.05) is 5.69 Å². The Balaban J connectivity index is 1.57. The van der Waals surface area contributed by atoms with Gasteiger partial charge in [-0.05, 0) is 61.6 Å². The van der Waals surface area contributed by atoms with Gasteiger partial charge in [0.15, 0.2) is 0 Å². The molecule has 3 aromatic rings. The summed E-state index contributed by atoms with van der Waals surface area (Å²) >= 11 is 0. The van der Waals surface area contributed by atoms with Gasteiger partial charge in [-0.1, -0.05) is 18.2 Å². The molecule has 1 aliphatic carbocycles. The predicted octanol–water partition coefficient (Wildman–Crippen LogP) is 3.72. The van der Waals surface area contributed by atoms with Gasteiger partial charge in [0.05, 0.1) is 17.4 Å². The van der Waals surface area contributed by atoms with Crippen LogP contribution in [0.1, 0.15) is 30.5 Å². The second-order valence-corrected chi connectivity index (χ2v) is 6.14. The fourth-order valence-electron chi connectivity index (χ4n) is 3.31. The van der Waals surface area contributed by atoms with Gasteiger partial charge < -0.3 is 9.88 Å². The number of carbonyl (C=O) groups excluding carboxylic acids is 1. The van der Waals surface area contributed by atoms with Crippen LogP contribution in [0, 0.1) is 0 Å². The van der Waals surface area contributed by atoms with E-state index in [1.165, 1.54) is 17.5 Å². The number of nitrogens with one attached hydrogen (secondary N) is 1. The van der Waals surface area contributed by atoms with Crippen molar-refractivity contribution in [3.8, 4) is 0 Å². The maximum Gasteiger partial charge on any atom is 0.247 e. The minimum Gasteiger partial charge on any atom is -0.324 e. The fraction of sp³-hybridized carbons (Fsp3) is 0.263. The minimum absolute atomic E-state index is 0.0221. The number of hydrogen-bond acceptors (Lipinski definition) is 2.